The summed E-state index contributed by atoms with van der Waals surface area (Å²) < 4.78 is 5.48. The molecule has 12 heavy (non-hydrogen) atoms. The van der Waals surface area contributed by atoms with Crippen molar-refractivity contribution in [1.29, 1.82) is 0 Å². The van der Waals surface area contributed by atoms with Gasteiger partial charge >= 0.3 is 0 Å². The molecule has 0 aromatic carbocycles. The van der Waals surface area contributed by atoms with Crippen LogP contribution >= 0.6 is 0 Å². The Bertz CT molecular complexity index is 171. The Balaban J connectivity index is 2.73. The van der Waals surface area contributed by atoms with Gasteiger partial charge in [0.25, 0.3) is 0 Å². The van der Waals surface area contributed by atoms with Crippen molar-refractivity contribution >= 4 is 5.84 Å². The molecule has 1 aliphatic rings. The van der Waals surface area contributed by atoms with Gasteiger partial charge in [-0.2, -0.15) is 0 Å². The van der Waals surface area contributed by atoms with Crippen LogP contribution in [0.4, 0.5) is 0 Å². The van der Waals surface area contributed by atoms with Gasteiger partial charge < -0.3 is 10.5 Å². The fourth-order valence-corrected chi connectivity index (χ4v) is 1.89. The standard InChI is InChI=1S/C9H18N2O/c1-11-8(10)9(12-2)6-4-3-5-7-9/h3-7H2,1-2H3,(H2,10,11). The van der Waals surface area contributed by atoms with E-state index >= 15 is 0 Å². The first kappa shape index (κ1) is 9.52. The summed E-state index contributed by atoms with van der Waals surface area (Å²) in [5.74, 6) is 0.657. The topological polar surface area (TPSA) is 47.6 Å². The maximum atomic E-state index is 5.82. The number of rotatable bonds is 2. The highest BCUT2D eigenvalue weighted by molar-refractivity contribution is 5.89. The van der Waals surface area contributed by atoms with Gasteiger partial charge in [0, 0.05) is 14.2 Å². The third-order valence-corrected chi connectivity index (χ3v) is 2.76. The fraction of sp³-hybridized carbons (Fsp3) is 0.889. The highest BCUT2D eigenvalue weighted by Gasteiger charge is 2.35. The van der Waals surface area contributed by atoms with Crippen LogP contribution < -0.4 is 5.73 Å². The molecular formula is C9H18N2O. The van der Waals surface area contributed by atoms with Crippen LogP contribution in [0, 0.1) is 0 Å². The maximum Gasteiger partial charge on any atom is 0.126 e. The zero-order valence-corrected chi connectivity index (χ0v) is 7.97. The SMILES string of the molecule is CN=C(N)C1(OC)CCCCC1. The van der Waals surface area contributed by atoms with Crippen molar-refractivity contribution in [3.63, 3.8) is 0 Å². The lowest BCUT2D eigenvalue weighted by molar-refractivity contribution is 0.0181. The van der Waals surface area contributed by atoms with Crippen LogP contribution in [0.25, 0.3) is 0 Å². The van der Waals surface area contributed by atoms with Crippen LogP contribution in [0.15, 0.2) is 4.99 Å². The molecule has 0 aromatic rings. The van der Waals surface area contributed by atoms with Crippen molar-refractivity contribution in [3.05, 3.63) is 0 Å². The van der Waals surface area contributed by atoms with Gasteiger partial charge in [0.2, 0.25) is 0 Å². The Morgan fingerprint density at radius 2 is 1.92 bits per heavy atom. The maximum absolute atomic E-state index is 5.82. The molecule has 0 heterocycles. The molecule has 0 spiro atoms. The summed E-state index contributed by atoms with van der Waals surface area (Å²) in [6.45, 7) is 0. The van der Waals surface area contributed by atoms with Gasteiger partial charge in [-0.3, -0.25) is 4.99 Å². The first-order chi connectivity index (χ1) is 5.75. The number of hydrogen-bond donors (Lipinski definition) is 1. The molecule has 0 atom stereocenters. The van der Waals surface area contributed by atoms with Crippen LogP contribution in [-0.4, -0.2) is 25.6 Å². The lowest BCUT2D eigenvalue weighted by Gasteiger charge is -2.35. The monoisotopic (exact) mass is 170 g/mol. The Hall–Kier alpha value is -0.570. The molecular weight excluding hydrogens is 152 g/mol. The third kappa shape index (κ3) is 1.61. The van der Waals surface area contributed by atoms with Crippen molar-refractivity contribution in [2.45, 2.75) is 37.7 Å². The van der Waals surface area contributed by atoms with Gasteiger partial charge in [-0.1, -0.05) is 19.3 Å². The largest absolute Gasteiger partial charge is 0.385 e. The Kier molecular flexibility index (Phi) is 3.09. The third-order valence-electron chi connectivity index (χ3n) is 2.76. The van der Waals surface area contributed by atoms with Crippen molar-refractivity contribution in [2.24, 2.45) is 10.7 Å². The normalized spacial score (nSPS) is 24.0. The molecule has 0 unspecified atom stereocenters. The first-order valence-corrected chi connectivity index (χ1v) is 4.53. The summed E-state index contributed by atoms with van der Waals surface area (Å²) in [5.41, 5.74) is 5.58. The van der Waals surface area contributed by atoms with Crippen molar-refractivity contribution in [3.8, 4) is 0 Å². The van der Waals surface area contributed by atoms with E-state index in [9.17, 15) is 0 Å². The van der Waals surface area contributed by atoms with Gasteiger partial charge in [-0.05, 0) is 12.8 Å². The first-order valence-electron chi connectivity index (χ1n) is 4.53. The molecule has 1 rings (SSSR count). The average molecular weight is 170 g/mol. The summed E-state index contributed by atoms with van der Waals surface area (Å²) in [5, 5.41) is 0. The van der Waals surface area contributed by atoms with Crippen molar-refractivity contribution in [1.82, 2.24) is 0 Å². The van der Waals surface area contributed by atoms with Crippen LogP contribution in [-0.2, 0) is 4.74 Å². The van der Waals surface area contributed by atoms with E-state index in [1.54, 1.807) is 14.2 Å². The number of hydrogen-bond acceptors (Lipinski definition) is 2. The number of nitrogens with zero attached hydrogens (tertiary/aromatic N) is 1. The predicted octanol–water partition coefficient (Wildman–Crippen LogP) is 1.32. The molecule has 3 nitrogen and oxygen atoms in total. The van der Waals surface area contributed by atoms with E-state index < -0.39 is 0 Å². The number of amidine groups is 1. The smallest absolute Gasteiger partial charge is 0.126 e. The van der Waals surface area contributed by atoms with E-state index in [0.717, 1.165) is 12.8 Å². The second-order valence-electron chi connectivity index (χ2n) is 3.37. The van der Waals surface area contributed by atoms with Crippen molar-refractivity contribution in [2.75, 3.05) is 14.2 Å². The number of ether oxygens (including phenoxy) is 1. The summed E-state index contributed by atoms with van der Waals surface area (Å²) in [6, 6.07) is 0. The van der Waals surface area contributed by atoms with Gasteiger partial charge in [0.05, 0.1) is 0 Å². The minimum atomic E-state index is -0.243. The fourth-order valence-electron chi connectivity index (χ4n) is 1.89. The Morgan fingerprint density at radius 1 is 1.33 bits per heavy atom. The van der Waals surface area contributed by atoms with E-state index in [0.29, 0.717) is 5.84 Å². The van der Waals surface area contributed by atoms with E-state index in [4.69, 9.17) is 10.5 Å². The Labute approximate surface area is 74.0 Å². The summed E-state index contributed by atoms with van der Waals surface area (Å²) in [7, 11) is 3.45. The summed E-state index contributed by atoms with van der Waals surface area (Å²) in [4.78, 5) is 4.02. The molecule has 0 saturated heterocycles. The number of aliphatic imine (C=N–C) groups is 1. The summed E-state index contributed by atoms with van der Waals surface area (Å²) >= 11 is 0. The lowest BCUT2D eigenvalue weighted by atomic mass is 9.84. The molecule has 1 aliphatic carbocycles. The van der Waals surface area contributed by atoms with Gasteiger partial charge in [-0.25, -0.2) is 0 Å². The molecule has 0 aliphatic heterocycles. The molecule has 0 amide bonds. The van der Waals surface area contributed by atoms with E-state index in [1.807, 2.05) is 0 Å². The molecule has 0 bridgehead atoms. The predicted molar refractivity (Wildman–Crippen MR) is 50.4 cm³/mol. The lowest BCUT2D eigenvalue weighted by Crippen LogP contribution is -2.47. The van der Waals surface area contributed by atoms with E-state index in [2.05, 4.69) is 4.99 Å². The zero-order valence-electron chi connectivity index (χ0n) is 7.97. The van der Waals surface area contributed by atoms with Crippen LogP contribution in [0.3, 0.4) is 0 Å². The quantitative estimate of drug-likeness (QED) is 0.502. The van der Waals surface area contributed by atoms with E-state index in [1.165, 1.54) is 19.3 Å². The molecule has 0 aromatic heterocycles. The zero-order chi connectivity index (χ0) is 9.03. The molecule has 1 fully saturated rings. The van der Waals surface area contributed by atoms with Gasteiger partial charge in [0.15, 0.2) is 0 Å². The van der Waals surface area contributed by atoms with Crippen LogP contribution in [0.2, 0.25) is 0 Å². The Morgan fingerprint density at radius 3 is 2.33 bits per heavy atom. The molecule has 70 valence electrons. The second kappa shape index (κ2) is 3.90. The highest BCUT2D eigenvalue weighted by atomic mass is 16.5. The molecule has 1 saturated carbocycles. The van der Waals surface area contributed by atoms with Gasteiger partial charge in [0.1, 0.15) is 11.4 Å². The second-order valence-corrected chi connectivity index (χ2v) is 3.37. The average Bonchev–Trinajstić information content (AvgIpc) is 2.17. The minimum Gasteiger partial charge on any atom is -0.385 e. The summed E-state index contributed by atoms with van der Waals surface area (Å²) in [6.07, 6.45) is 5.73. The number of methoxy groups -OCH3 is 1. The highest BCUT2D eigenvalue weighted by Crippen LogP contribution is 2.31. The molecule has 3 heteroatoms. The van der Waals surface area contributed by atoms with Crippen LogP contribution in [0.5, 0.6) is 0 Å². The van der Waals surface area contributed by atoms with Crippen LogP contribution in [0.1, 0.15) is 32.1 Å². The van der Waals surface area contributed by atoms with E-state index in [-0.39, 0.29) is 5.60 Å². The number of nitrogens with two attached hydrogens (primary N) is 1. The van der Waals surface area contributed by atoms with Gasteiger partial charge in [-0.15, -0.1) is 0 Å². The van der Waals surface area contributed by atoms with Crippen molar-refractivity contribution < 1.29 is 4.74 Å². The molecule has 2 N–H and O–H groups in total. The molecule has 0 radical (unpaired) electrons. The minimum absolute atomic E-state index is 0.243.